The Morgan fingerprint density at radius 1 is 1.33 bits per heavy atom. The average Bonchev–Trinajstić information content (AvgIpc) is 2.89. The lowest BCUT2D eigenvalue weighted by Gasteiger charge is -2.00. The van der Waals surface area contributed by atoms with E-state index in [1.54, 1.807) is 24.3 Å². The van der Waals surface area contributed by atoms with Crippen molar-refractivity contribution in [3.63, 3.8) is 0 Å². The zero-order valence-corrected chi connectivity index (χ0v) is 12.2. The molecule has 0 saturated heterocycles. The molecule has 3 rings (SSSR count). The number of carbonyl (C=O) groups excluding carboxylic acids is 1. The fourth-order valence-electron chi connectivity index (χ4n) is 1.74. The third-order valence-corrected chi connectivity index (χ3v) is 4.58. The SMILES string of the molecule is Nc1nnc(SCC(=O)c2cc3ccccc3oc2=O)s1. The van der Waals surface area contributed by atoms with E-state index in [9.17, 15) is 9.59 Å². The van der Waals surface area contributed by atoms with E-state index in [0.717, 1.165) is 0 Å². The van der Waals surface area contributed by atoms with Gasteiger partial charge in [0.05, 0.1) is 5.75 Å². The van der Waals surface area contributed by atoms with Crippen LogP contribution in [0.5, 0.6) is 0 Å². The number of fused-ring (bicyclic) bond motifs is 1. The van der Waals surface area contributed by atoms with Crippen LogP contribution in [-0.4, -0.2) is 21.7 Å². The Hall–Kier alpha value is -2.19. The van der Waals surface area contributed by atoms with Crippen LogP contribution in [0.25, 0.3) is 11.0 Å². The van der Waals surface area contributed by atoms with E-state index in [2.05, 4.69) is 10.2 Å². The molecule has 0 fully saturated rings. The molecule has 0 unspecified atom stereocenters. The molecule has 0 bridgehead atoms. The summed E-state index contributed by atoms with van der Waals surface area (Å²) in [6.07, 6.45) is 0. The van der Waals surface area contributed by atoms with Crippen LogP contribution in [0, 0.1) is 0 Å². The van der Waals surface area contributed by atoms with E-state index < -0.39 is 5.63 Å². The number of para-hydroxylation sites is 1. The zero-order chi connectivity index (χ0) is 14.8. The number of nitrogens with zero attached hydrogens (tertiary/aromatic N) is 2. The summed E-state index contributed by atoms with van der Waals surface area (Å²) in [4.78, 5) is 24.0. The molecule has 21 heavy (non-hydrogen) atoms. The highest BCUT2D eigenvalue weighted by atomic mass is 32.2. The van der Waals surface area contributed by atoms with Crippen molar-refractivity contribution < 1.29 is 9.21 Å². The molecule has 1 aromatic carbocycles. The first-order valence-electron chi connectivity index (χ1n) is 5.91. The standard InChI is InChI=1S/C13H9N3O3S2/c14-12-15-16-13(21-12)20-6-9(17)8-5-7-3-1-2-4-10(7)19-11(8)18/h1-5H,6H2,(H2,14,15). The van der Waals surface area contributed by atoms with Gasteiger partial charge in [-0.1, -0.05) is 41.3 Å². The smallest absolute Gasteiger partial charge is 0.347 e. The van der Waals surface area contributed by atoms with Crippen LogP contribution in [0.1, 0.15) is 10.4 Å². The maximum atomic E-state index is 12.1. The second-order valence-corrected chi connectivity index (χ2v) is 6.33. The highest BCUT2D eigenvalue weighted by Crippen LogP contribution is 2.24. The quantitative estimate of drug-likeness (QED) is 0.447. The van der Waals surface area contributed by atoms with Gasteiger partial charge >= 0.3 is 5.63 Å². The summed E-state index contributed by atoms with van der Waals surface area (Å²) in [6.45, 7) is 0. The number of nitrogen functional groups attached to an aromatic ring is 1. The van der Waals surface area contributed by atoms with E-state index in [0.29, 0.717) is 20.4 Å². The Morgan fingerprint density at radius 2 is 2.14 bits per heavy atom. The summed E-state index contributed by atoms with van der Waals surface area (Å²) in [5.74, 6) is -0.231. The first kappa shape index (κ1) is 13.8. The number of thioether (sulfide) groups is 1. The highest BCUT2D eigenvalue weighted by Gasteiger charge is 2.15. The molecular weight excluding hydrogens is 310 g/mol. The molecular formula is C13H9N3O3S2. The third-order valence-electron chi connectivity index (χ3n) is 2.69. The molecule has 0 saturated carbocycles. The second-order valence-electron chi connectivity index (χ2n) is 4.10. The van der Waals surface area contributed by atoms with Crippen molar-refractivity contribution in [2.24, 2.45) is 0 Å². The number of carbonyl (C=O) groups is 1. The molecule has 2 N–H and O–H groups in total. The topological polar surface area (TPSA) is 99.1 Å². The number of Topliss-reactive ketones (excluding diaryl/α,β-unsaturated/α-hetero) is 1. The molecule has 0 aliphatic rings. The molecule has 2 aromatic heterocycles. The van der Waals surface area contributed by atoms with Gasteiger partial charge in [-0.25, -0.2) is 4.79 Å². The number of aromatic nitrogens is 2. The minimum Gasteiger partial charge on any atom is -0.422 e. The summed E-state index contributed by atoms with van der Waals surface area (Å²) in [5.41, 5.74) is 5.34. The lowest BCUT2D eigenvalue weighted by atomic mass is 10.1. The van der Waals surface area contributed by atoms with Crippen LogP contribution in [0.15, 0.2) is 43.9 Å². The van der Waals surface area contributed by atoms with E-state index in [1.807, 2.05) is 6.07 Å². The number of ketones is 1. The van der Waals surface area contributed by atoms with Crippen LogP contribution >= 0.6 is 23.1 Å². The average molecular weight is 319 g/mol. The van der Waals surface area contributed by atoms with Gasteiger partial charge in [0.1, 0.15) is 11.1 Å². The Labute approximate surface area is 127 Å². The monoisotopic (exact) mass is 319 g/mol. The molecule has 0 radical (unpaired) electrons. The van der Waals surface area contributed by atoms with Gasteiger partial charge in [-0.3, -0.25) is 4.79 Å². The summed E-state index contributed by atoms with van der Waals surface area (Å²) in [7, 11) is 0. The van der Waals surface area contributed by atoms with Crippen LogP contribution in [-0.2, 0) is 0 Å². The maximum Gasteiger partial charge on any atom is 0.347 e. The first-order chi connectivity index (χ1) is 10.1. The van der Waals surface area contributed by atoms with Gasteiger partial charge in [-0.15, -0.1) is 10.2 Å². The van der Waals surface area contributed by atoms with Gasteiger partial charge in [0.15, 0.2) is 10.1 Å². The fourth-order valence-corrected chi connectivity index (χ4v) is 3.26. The molecule has 3 aromatic rings. The Bertz CT molecular complexity index is 872. The number of nitrogens with two attached hydrogens (primary N) is 1. The number of benzene rings is 1. The maximum absolute atomic E-state index is 12.1. The predicted octanol–water partition coefficient (Wildman–Crippen LogP) is 2.20. The molecule has 0 aliphatic heterocycles. The van der Waals surface area contributed by atoms with Crippen molar-refractivity contribution in [1.29, 1.82) is 0 Å². The number of anilines is 1. The van der Waals surface area contributed by atoms with Crippen LogP contribution in [0.4, 0.5) is 5.13 Å². The molecule has 8 heteroatoms. The summed E-state index contributed by atoms with van der Waals surface area (Å²) in [6, 6.07) is 8.60. The lowest BCUT2D eigenvalue weighted by Crippen LogP contribution is -2.15. The van der Waals surface area contributed by atoms with Crippen LogP contribution in [0.2, 0.25) is 0 Å². The molecule has 2 heterocycles. The van der Waals surface area contributed by atoms with Crippen molar-refractivity contribution in [2.45, 2.75) is 4.34 Å². The molecule has 6 nitrogen and oxygen atoms in total. The van der Waals surface area contributed by atoms with Crippen molar-refractivity contribution >= 4 is 45.0 Å². The summed E-state index contributed by atoms with van der Waals surface area (Å²) in [5, 5.41) is 8.52. The minimum atomic E-state index is -0.629. The van der Waals surface area contributed by atoms with E-state index in [-0.39, 0.29) is 17.1 Å². The lowest BCUT2D eigenvalue weighted by molar-refractivity contribution is 0.101. The molecule has 0 spiro atoms. The van der Waals surface area contributed by atoms with Gasteiger partial charge in [-0.2, -0.15) is 0 Å². The van der Waals surface area contributed by atoms with Crippen molar-refractivity contribution in [3.8, 4) is 0 Å². The van der Waals surface area contributed by atoms with E-state index in [1.165, 1.54) is 23.1 Å². The number of rotatable bonds is 4. The van der Waals surface area contributed by atoms with Crippen molar-refractivity contribution in [3.05, 3.63) is 46.3 Å². The normalized spacial score (nSPS) is 10.9. The largest absolute Gasteiger partial charge is 0.422 e. The highest BCUT2D eigenvalue weighted by molar-refractivity contribution is 8.01. The molecule has 0 aliphatic carbocycles. The summed E-state index contributed by atoms with van der Waals surface area (Å²) >= 11 is 2.39. The molecule has 0 atom stereocenters. The fraction of sp³-hybridized carbons (Fsp3) is 0.0769. The second kappa shape index (κ2) is 5.66. The Morgan fingerprint density at radius 3 is 2.90 bits per heavy atom. The van der Waals surface area contributed by atoms with Crippen LogP contribution < -0.4 is 11.4 Å². The van der Waals surface area contributed by atoms with Gasteiger partial charge in [-0.05, 0) is 12.1 Å². The first-order valence-corrected chi connectivity index (χ1v) is 7.71. The van der Waals surface area contributed by atoms with E-state index >= 15 is 0 Å². The minimum absolute atomic E-state index is 0.0405. The predicted molar refractivity (Wildman–Crippen MR) is 81.9 cm³/mol. The number of hydrogen-bond acceptors (Lipinski definition) is 8. The zero-order valence-electron chi connectivity index (χ0n) is 10.6. The van der Waals surface area contributed by atoms with Crippen molar-refractivity contribution in [1.82, 2.24) is 10.2 Å². The summed E-state index contributed by atoms with van der Waals surface area (Å²) < 4.78 is 5.73. The number of hydrogen-bond donors (Lipinski definition) is 1. The van der Waals surface area contributed by atoms with Crippen LogP contribution in [0.3, 0.4) is 0 Å². The van der Waals surface area contributed by atoms with Gasteiger partial charge in [0, 0.05) is 5.39 Å². The van der Waals surface area contributed by atoms with Gasteiger partial charge in [0.25, 0.3) is 0 Å². The van der Waals surface area contributed by atoms with Gasteiger partial charge < -0.3 is 10.2 Å². The Kier molecular flexibility index (Phi) is 3.72. The third kappa shape index (κ3) is 2.96. The Balaban J connectivity index is 1.84. The van der Waals surface area contributed by atoms with E-state index in [4.69, 9.17) is 10.2 Å². The van der Waals surface area contributed by atoms with Gasteiger partial charge in [0.2, 0.25) is 5.13 Å². The van der Waals surface area contributed by atoms with Crippen molar-refractivity contribution in [2.75, 3.05) is 11.5 Å². The molecule has 0 amide bonds. The molecule has 106 valence electrons.